The van der Waals surface area contributed by atoms with Gasteiger partial charge in [-0.2, -0.15) is 0 Å². The van der Waals surface area contributed by atoms with E-state index in [1.807, 2.05) is 6.92 Å². The van der Waals surface area contributed by atoms with Crippen molar-refractivity contribution < 1.29 is 23.8 Å². The molecule has 0 aromatic rings. The Morgan fingerprint density at radius 2 is 1.77 bits per heavy atom. The van der Waals surface area contributed by atoms with E-state index in [1.54, 1.807) is 6.92 Å². The van der Waals surface area contributed by atoms with Crippen LogP contribution in [0.1, 0.15) is 34.1 Å². The molecule has 0 radical (unpaired) electrons. The van der Waals surface area contributed by atoms with Gasteiger partial charge in [-0.25, -0.2) is 9.59 Å². The quantitative estimate of drug-likeness (QED) is 0.360. The normalized spacial score (nSPS) is 11.9. The third kappa shape index (κ3) is 12.2. The summed E-state index contributed by atoms with van der Waals surface area (Å²) < 4.78 is 15.4. The number of hydrogen-bond donors (Lipinski definition) is 1. The van der Waals surface area contributed by atoms with Crippen molar-refractivity contribution in [2.24, 2.45) is 11.8 Å². The molecule has 0 aliphatic carbocycles. The molecule has 0 aromatic heterocycles. The molecule has 22 heavy (non-hydrogen) atoms. The highest BCUT2D eigenvalue weighted by Gasteiger charge is 2.08. The van der Waals surface area contributed by atoms with Gasteiger partial charge in [0.25, 0.3) is 0 Å². The second-order valence-electron chi connectivity index (χ2n) is 5.80. The molecular formula is C16H29NO5. The molecule has 0 saturated heterocycles. The summed E-state index contributed by atoms with van der Waals surface area (Å²) in [5.74, 6) is 0.292. The zero-order chi connectivity index (χ0) is 17.0. The summed E-state index contributed by atoms with van der Waals surface area (Å²) in [7, 11) is 0. The highest BCUT2D eigenvalue weighted by molar-refractivity contribution is 5.86. The predicted molar refractivity (Wildman–Crippen MR) is 84.6 cm³/mol. The average molecular weight is 315 g/mol. The van der Waals surface area contributed by atoms with Crippen LogP contribution in [0.2, 0.25) is 0 Å². The van der Waals surface area contributed by atoms with E-state index in [9.17, 15) is 9.59 Å². The first-order valence-electron chi connectivity index (χ1n) is 7.64. The van der Waals surface area contributed by atoms with Gasteiger partial charge in [0.1, 0.15) is 6.61 Å². The first-order chi connectivity index (χ1) is 10.3. The molecule has 0 aliphatic heterocycles. The van der Waals surface area contributed by atoms with E-state index in [0.29, 0.717) is 24.7 Å². The largest absolute Gasteiger partial charge is 0.460 e. The molecule has 0 rings (SSSR count). The van der Waals surface area contributed by atoms with Crippen molar-refractivity contribution in [2.45, 2.75) is 34.1 Å². The molecule has 1 amide bonds. The first-order valence-corrected chi connectivity index (χ1v) is 7.64. The molecule has 0 spiro atoms. The van der Waals surface area contributed by atoms with E-state index in [4.69, 9.17) is 14.2 Å². The molecule has 0 saturated carbocycles. The second-order valence-corrected chi connectivity index (χ2v) is 5.80. The third-order valence-corrected chi connectivity index (χ3v) is 2.66. The fraction of sp³-hybridized carbons (Fsp3) is 0.750. The summed E-state index contributed by atoms with van der Waals surface area (Å²) in [5.41, 5.74) is 0.330. The van der Waals surface area contributed by atoms with E-state index < -0.39 is 12.1 Å². The Labute approximate surface area is 133 Å². The predicted octanol–water partition coefficient (Wildman–Crippen LogP) is 2.53. The SMILES string of the molecule is C=C(C)C(=O)OCCNC(=O)OCC(C)CCOCC(C)C. The monoisotopic (exact) mass is 315 g/mol. The fourth-order valence-corrected chi connectivity index (χ4v) is 1.38. The van der Waals surface area contributed by atoms with Crippen molar-refractivity contribution in [2.75, 3.05) is 33.0 Å². The molecule has 0 bridgehead atoms. The molecule has 128 valence electrons. The summed E-state index contributed by atoms with van der Waals surface area (Å²) in [6.45, 7) is 13.3. The van der Waals surface area contributed by atoms with Gasteiger partial charge in [-0.1, -0.05) is 27.4 Å². The number of alkyl carbamates (subject to hydrolysis) is 1. The number of esters is 1. The van der Waals surface area contributed by atoms with Crippen LogP contribution in [-0.2, 0) is 19.0 Å². The Hall–Kier alpha value is -1.56. The number of carbonyl (C=O) groups excluding carboxylic acids is 2. The number of hydrogen-bond acceptors (Lipinski definition) is 5. The molecule has 1 atom stereocenters. The minimum atomic E-state index is -0.513. The Kier molecular flexibility index (Phi) is 11.2. The van der Waals surface area contributed by atoms with E-state index in [-0.39, 0.29) is 19.1 Å². The number of rotatable bonds is 11. The van der Waals surface area contributed by atoms with Crippen LogP contribution < -0.4 is 5.32 Å². The smallest absolute Gasteiger partial charge is 0.407 e. The fourth-order valence-electron chi connectivity index (χ4n) is 1.38. The van der Waals surface area contributed by atoms with Gasteiger partial charge in [-0.15, -0.1) is 0 Å². The Balaban J connectivity index is 3.55. The zero-order valence-corrected chi connectivity index (χ0v) is 14.1. The van der Waals surface area contributed by atoms with Crippen molar-refractivity contribution in [1.82, 2.24) is 5.32 Å². The van der Waals surface area contributed by atoms with Crippen LogP contribution in [0.3, 0.4) is 0 Å². The second kappa shape index (κ2) is 12.0. The van der Waals surface area contributed by atoms with Crippen molar-refractivity contribution in [3.8, 4) is 0 Å². The summed E-state index contributed by atoms with van der Waals surface area (Å²) in [6, 6.07) is 0. The van der Waals surface area contributed by atoms with Crippen LogP contribution in [-0.4, -0.2) is 45.0 Å². The number of ether oxygens (including phenoxy) is 3. The highest BCUT2D eigenvalue weighted by Crippen LogP contribution is 2.04. The topological polar surface area (TPSA) is 73.9 Å². The van der Waals surface area contributed by atoms with Gasteiger partial charge in [0, 0.05) is 18.8 Å². The van der Waals surface area contributed by atoms with E-state index in [0.717, 1.165) is 13.0 Å². The molecule has 0 fully saturated rings. The lowest BCUT2D eigenvalue weighted by atomic mass is 10.1. The Morgan fingerprint density at radius 1 is 1.09 bits per heavy atom. The van der Waals surface area contributed by atoms with Crippen LogP contribution in [0.4, 0.5) is 4.79 Å². The molecule has 6 nitrogen and oxygen atoms in total. The van der Waals surface area contributed by atoms with E-state index in [1.165, 1.54) is 0 Å². The van der Waals surface area contributed by atoms with Gasteiger partial charge < -0.3 is 19.5 Å². The molecule has 0 aromatic carbocycles. The van der Waals surface area contributed by atoms with E-state index in [2.05, 4.69) is 25.7 Å². The lowest BCUT2D eigenvalue weighted by Crippen LogP contribution is -2.30. The van der Waals surface area contributed by atoms with Gasteiger partial charge in [0.15, 0.2) is 0 Å². The lowest BCUT2D eigenvalue weighted by Gasteiger charge is -2.13. The minimum absolute atomic E-state index is 0.0966. The summed E-state index contributed by atoms with van der Waals surface area (Å²) in [6.07, 6.45) is 0.331. The number of amides is 1. The van der Waals surface area contributed by atoms with Gasteiger partial charge in [-0.3, -0.25) is 0 Å². The molecule has 1 N–H and O–H groups in total. The maximum absolute atomic E-state index is 11.4. The third-order valence-electron chi connectivity index (χ3n) is 2.66. The van der Waals surface area contributed by atoms with Gasteiger partial charge in [-0.05, 0) is 25.2 Å². The number of nitrogens with one attached hydrogen (secondary N) is 1. The van der Waals surface area contributed by atoms with Crippen LogP contribution in [0.15, 0.2) is 12.2 Å². The highest BCUT2D eigenvalue weighted by atomic mass is 16.6. The summed E-state index contributed by atoms with van der Waals surface area (Å²) in [5, 5.41) is 2.52. The summed E-state index contributed by atoms with van der Waals surface area (Å²) >= 11 is 0. The Bertz CT molecular complexity index is 354. The minimum Gasteiger partial charge on any atom is -0.460 e. The summed E-state index contributed by atoms with van der Waals surface area (Å²) in [4.78, 5) is 22.5. The van der Waals surface area contributed by atoms with Crippen LogP contribution in [0, 0.1) is 11.8 Å². The van der Waals surface area contributed by atoms with Crippen LogP contribution in [0.5, 0.6) is 0 Å². The molecule has 1 unspecified atom stereocenters. The molecular weight excluding hydrogens is 286 g/mol. The number of carbonyl (C=O) groups is 2. The molecule has 0 heterocycles. The molecule has 0 aliphatic rings. The maximum atomic E-state index is 11.4. The van der Waals surface area contributed by atoms with Gasteiger partial charge >= 0.3 is 12.1 Å². The van der Waals surface area contributed by atoms with Gasteiger partial charge in [0.05, 0.1) is 13.2 Å². The van der Waals surface area contributed by atoms with Crippen molar-refractivity contribution in [1.29, 1.82) is 0 Å². The standard InChI is InChI=1S/C16H29NO5/c1-12(2)10-20-8-6-14(5)11-22-16(19)17-7-9-21-15(18)13(3)4/h12,14H,3,6-11H2,1-2,4-5H3,(H,17,19). The molecule has 6 heteroatoms. The van der Waals surface area contributed by atoms with Crippen LogP contribution >= 0.6 is 0 Å². The van der Waals surface area contributed by atoms with Crippen molar-refractivity contribution >= 4 is 12.1 Å². The lowest BCUT2D eigenvalue weighted by molar-refractivity contribution is -0.138. The maximum Gasteiger partial charge on any atom is 0.407 e. The average Bonchev–Trinajstić information content (AvgIpc) is 2.45. The first kappa shape index (κ1) is 20.4. The van der Waals surface area contributed by atoms with Gasteiger partial charge in [0.2, 0.25) is 0 Å². The van der Waals surface area contributed by atoms with Crippen LogP contribution in [0.25, 0.3) is 0 Å². The van der Waals surface area contributed by atoms with E-state index >= 15 is 0 Å². The zero-order valence-electron chi connectivity index (χ0n) is 14.1. The van der Waals surface area contributed by atoms with Crippen molar-refractivity contribution in [3.05, 3.63) is 12.2 Å². The Morgan fingerprint density at radius 3 is 2.36 bits per heavy atom. The van der Waals surface area contributed by atoms with Crippen molar-refractivity contribution in [3.63, 3.8) is 0 Å².